The van der Waals surface area contributed by atoms with Crippen molar-refractivity contribution < 1.29 is 23.9 Å². The molecular weight excluding hydrogens is 412 g/mol. The smallest absolute Gasteiger partial charge is 0.325 e. The number of aromatic amines is 1. The highest BCUT2D eigenvalue weighted by atomic mass is 16.7. The number of hydrogen-bond donors (Lipinski definition) is 3. The molecule has 3 N–H and O–H groups in total. The molecule has 1 aromatic heterocycles. The molecule has 4 amide bonds. The van der Waals surface area contributed by atoms with Crippen LogP contribution in [0.4, 0.5) is 4.79 Å². The Morgan fingerprint density at radius 2 is 1.97 bits per heavy atom. The molecule has 3 heterocycles. The van der Waals surface area contributed by atoms with Crippen LogP contribution in [0, 0.1) is 0 Å². The van der Waals surface area contributed by atoms with Gasteiger partial charge in [0.2, 0.25) is 12.7 Å². The third kappa shape index (κ3) is 3.84. The number of rotatable bonds is 7. The van der Waals surface area contributed by atoms with E-state index < -0.39 is 18.0 Å². The number of fused-ring (bicyclic) bond motifs is 2. The van der Waals surface area contributed by atoms with E-state index in [1.54, 1.807) is 18.2 Å². The minimum Gasteiger partial charge on any atom is -0.454 e. The van der Waals surface area contributed by atoms with E-state index in [1.165, 1.54) is 0 Å². The maximum absolute atomic E-state index is 12.7. The molecule has 5 rings (SSSR count). The molecule has 1 saturated heterocycles. The summed E-state index contributed by atoms with van der Waals surface area (Å²) in [7, 11) is 0. The first kappa shape index (κ1) is 19.9. The lowest BCUT2D eigenvalue weighted by molar-refractivity contribution is -0.131. The number of aromatic nitrogens is 1. The van der Waals surface area contributed by atoms with E-state index >= 15 is 0 Å². The molecule has 0 unspecified atom stereocenters. The van der Waals surface area contributed by atoms with Gasteiger partial charge < -0.3 is 25.1 Å². The van der Waals surface area contributed by atoms with Crippen LogP contribution in [0.15, 0.2) is 48.7 Å². The van der Waals surface area contributed by atoms with Crippen LogP contribution in [0.25, 0.3) is 10.9 Å². The van der Waals surface area contributed by atoms with Gasteiger partial charge in [0.25, 0.3) is 5.91 Å². The summed E-state index contributed by atoms with van der Waals surface area (Å²) >= 11 is 0. The zero-order valence-electron chi connectivity index (χ0n) is 17.2. The van der Waals surface area contributed by atoms with Gasteiger partial charge in [0.05, 0.1) is 13.0 Å². The van der Waals surface area contributed by atoms with Crippen LogP contribution < -0.4 is 20.1 Å². The van der Waals surface area contributed by atoms with Crippen LogP contribution >= 0.6 is 0 Å². The van der Waals surface area contributed by atoms with Crippen molar-refractivity contribution in [3.63, 3.8) is 0 Å². The topological polar surface area (TPSA) is 113 Å². The number of imide groups is 1. The second-order valence-electron chi connectivity index (χ2n) is 7.78. The summed E-state index contributed by atoms with van der Waals surface area (Å²) < 4.78 is 10.6. The van der Waals surface area contributed by atoms with Crippen molar-refractivity contribution in [2.45, 2.75) is 25.4 Å². The molecular formula is C23H22N4O5. The number of hydrogen-bond acceptors (Lipinski definition) is 5. The van der Waals surface area contributed by atoms with Crippen LogP contribution in [0.2, 0.25) is 0 Å². The number of para-hydroxylation sites is 1. The quantitative estimate of drug-likeness (QED) is 0.493. The van der Waals surface area contributed by atoms with Gasteiger partial charge in [-0.1, -0.05) is 24.3 Å². The summed E-state index contributed by atoms with van der Waals surface area (Å²) in [5, 5.41) is 6.56. The largest absolute Gasteiger partial charge is 0.454 e. The predicted octanol–water partition coefficient (Wildman–Crippen LogP) is 2.07. The number of H-pyrrole nitrogens is 1. The van der Waals surface area contributed by atoms with Crippen molar-refractivity contribution in [3.05, 3.63) is 59.8 Å². The van der Waals surface area contributed by atoms with Crippen LogP contribution in [0.5, 0.6) is 11.5 Å². The van der Waals surface area contributed by atoms with Gasteiger partial charge in [0.15, 0.2) is 11.5 Å². The monoisotopic (exact) mass is 434 g/mol. The molecule has 32 heavy (non-hydrogen) atoms. The van der Waals surface area contributed by atoms with Crippen molar-refractivity contribution in [1.82, 2.24) is 20.5 Å². The fraction of sp³-hybridized carbons (Fsp3) is 0.261. The van der Waals surface area contributed by atoms with Gasteiger partial charge in [-0.2, -0.15) is 0 Å². The van der Waals surface area contributed by atoms with Crippen LogP contribution in [-0.4, -0.2) is 47.1 Å². The van der Waals surface area contributed by atoms with Gasteiger partial charge in [0, 0.05) is 23.6 Å². The highest BCUT2D eigenvalue weighted by Gasteiger charge is 2.39. The third-order valence-corrected chi connectivity index (χ3v) is 5.67. The van der Waals surface area contributed by atoms with Crippen molar-refractivity contribution in [2.24, 2.45) is 0 Å². The minimum absolute atomic E-state index is 0.0972. The third-order valence-electron chi connectivity index (χ3n) is 5.67. The molecule has 0 aliphatic carbocycles. The second kappa shape index (κ2) is 8.26. The summed E-state index contributed by atoms with van der Waals surface area (Å²) in [5.41, 5.74) is 2.90. The van der Waals surface area contributed by atoms with Crippen LogP contribution in [0.1, 0.15) is 17.5 Å². The van der Waals surface area contributed by atoms with E-state index in [0.717, 1.165) is 26.9 Å². The number of carbonyl (C=O) groups is 3. The molecule has 3 aromatic rings. The Kier molecular flexibility index (Phi) is 5.14. The van der Waals surface area contributed by atoms with E-state index in [9.17, 15) is 14.4 Å². The first-order valence-corrected chi connectivity index (χ1v) is 10.4. The molecule has 2 aliphatic rings. The minimum atomic E-state index is -0.871. The van der Waals surface area contributed by atoms with Gasteiger partial charge in [0.1, 0.15) is 6.04 Å². The normalized spacial score (nSPS) is 17.1. The van der Waals surface area contributed by atoms with E-state index in [2.05, 4.69) is 15.6 Å². The number of urea groups is 1. The fourth-order valence-electron chi connectivity index (χ4n) is 4.02. The first-order valence-electron chi connectivity index (χ1n) is 10.4. The molecule has 1 atom stereocenters. The zero-order valence-corrected chi connectivity index (χ0v) is 17.2. The van der Waals surface area contributed by atoms with Crippen LogP contribution in [-0.2, 0) is 22.6 Å². The molecule has 0 saturated carbocycles. The molecule has 9 heteroatoms. The molecule has 2 aromatic carbocycles. The Balaban J connectivity index is 1.14. The maximum atomic E-state index is 12.7. The summed E-state index contributed by atoms with van der Waals surface area (Å²) in [6.07, 6.45) is 2.50. The Morgan fingerprint density at radius 3 is 2.88 bits per heavy atom. The van der Waals surface area contributed by atoms with Crippen molar-refractivity contribution >= 4 is 28.7 Å². The highest BCUT2D eigenvalue weighted by molar-refractivity contribution is 6.05. The molecule has 0 spiro atoms. The summed E-state index contributed by atoms with van der Waals surface area (Å²) in [6, 6.07) is 11.9. The Bertz CT molecular complexity index is 1200. The van der Waals surface area contributed by atoms with E-state index in [0.29, 0.717) is 24.5 Å². The van der Waals surface area contributed by atoms with Gasteiger partial charge >= 0.3 is 6.03 Å². The predicted molar refractivity (Wildman–Crippen MR) is 115 cm³/mol. The summed E-state index contributed by atoms with van der Waals surface area (Å²) in [6.45, 7) is 0.690. The highest BCUT2D eigenvalue weighted by Crippen LogP contribution is 2.33. The average Bonchev–Trinajstić information content (AvgIpc) is 3.48. The van der Waals surface area contributed by atoms with E-state index in [1.807, 2.05) is 30.5 Å². The van der Waals surface area contributed by atoms with Crippen molar-refractivity contribution in [2.75, 3.05) is 13.3 Å². The van der Waals surface area contributed by atoms with Gasteiger partial charge in [-0.05, 0) is 35.7 Å². The molecule has 9 nitrogen and oxygen atoms in total. The first-order chi connectivity index (χ1) is 15.6. The average molecular weight is 434 g/mol. The van der Waals surface area contributed by atoms with Gasteiger partial charge in [-0.25, -0.2) is 4.79 Å². The Labute approximate surface area is 183 Å². The van der Waals surface area contributed by atoms with E-state index in [4.69, 9.17) is 9.47 Å². The van der Waals surface area contributed by atoms with Gasteiger partial charge in [-0.3, -0.25) is 14.5 Å². The number of nitrogens with zero attached hydrogens (tertiary/aromatic N) is 1. The molecule has 0 bridgehead atoms. The maximum Gasteiger partial charge on any atom is 0.325 e. The number of ether oxygens (including phenoxy) is 2. The lowest BCUT2D eigenvalue weighted by atomic mass is 10.1. The molecule has 2 aliphatic heterocycles. The van der Waals surface area contributed by atoms with Crippen molar-refractivity contribution in [3.8, 4) is 11.5 Å². The summed E-state index contributed by atoms with van der Waals surface area (Å²) in [5.74, 6) is 0.515. The summed E-state index contributed by atoms with van der Waals surface area (Å²) in [4.78, 5) is 41.7. The molecule has 164 valence electrons. The number of carbonyl (C=O) groups excluding carboxylic acids is 3. The Hall–Kier alpha value is -4.01. The lowest BCUT2D eigenvalue weighted by Crippen LogP contribution is -2.37. The molecule has 0 radical (unpaired) electrons. The number of benzene rings is 2. The van der Waals surface area contributed by atoms with Crippen molar-refractivity contribution in [1.29, 1.82) is 0 Å². The second-order valence-corrected chi connectivity index (χ2v) is 7.78. The van der Waals surface area contributed by atoms with E-state index in [-0.39, 0.29) is 25.7 Å². The van der Waals surface area contributed by atoms with Gasteiger partial charge in [-0.15, -0.1) is 0 Å². The lowest BCUT2D eigenvalue weighted by Gasteiger charge is -2.13. The fourth-order valence-corrected chi connectivity index (χ4v) is 4.02. The number of nitrogens with one attached hydrogen (secondary N) is 3. The SMILES string of the molecule is O=C(C[C@H]1NC(=O)N(Cc2ccc3c(c2)OCO3)C1=O)NCCc1c[nH]c2ccccc12. The van der Waals surface area contributed by atoms with Crippen LogP contribution in [0.3, 0.4) is 0 Å². The standard InChI is InChI=1S/C23H22N4O5/c28-21(24-8-7-15-11-25-17-4-2-1-3-16(15)17)10-18-22(29)27(23(30)26-18)12-14-5-6-19-20(9-14)32-13-31-19/h1-6,9,11,18,25H,7-8,10,12-13H2,(H,24,28)(H,26,30)/t18-/m1/s1. The number of amides is 4. The Morgan fingerprint density at radius 1 is 1.12 bits per heavy atom. The molecule has 1 fully saturated rings. The zero-order chi connectivity index (χ0) is 22.1.